The van der Waals surface area contributed by atoms with Crippen LogP contribution in [0.25, 0.3) is 0 Å². The molecule has 0 heterocycles. The maximum Gasteiger partial charge on any atom is 0.253 e. The number of halogens is 2. The second-order valence-corrected chi connectivity index (χ2v) is 9.50. The third-order valence-corrected chi connectivity index (χ3v) is 5.96. The van der Waals surface area contributed by atoms with E-state index < -0.39 is 42.4 Å². The molecule has 0 bridgehead atoms. The molecule has 2 rings (SSSR count). The maximum absolute atomic E-state index is 13.8. The fourth-order valence-electron chi connectivity index (χ4n) is 4.20. The molecular weight excluding hydrogens is 496 g/mol. The Hall–Kier alpha value is -2.92. The van der Waals surface area contributed by atoms with Crippen LogP contribution in [0.15, 0.2) is 36.4 Å². The van der Waals surface area contributed by atoms with Crippen molar-refractivity contribution in [2.75, 3.05) is 32.8 Å². The van der Waals surface area contributed by atoms with Gasteiger partial charge >= 0.3 is 0 Å². The van der Waals surface area contributed by atoms with E-state index in [-0.39, 0.29) is 36.5 Å². The highest BCUT2D eigenvalue weighted by Crippen LogP contribution is 2.16. The highest BCUT2D eigenvalue weighted by atomic mass is 19.1. The second-order valence-electron chi connectivity index (χ2n) is 9.50. The number of nitrogens with zero attached hydrogens (tertiary/aromatic N) is 1. The summed E-state index contributed by atoms with van der Waals surface area (Å²) in [4.78, 5) is 28.1. The highest BCUT2D eigenvalue weighted by molar-refractivity contribution is 6.00. The molecule has 3 atom stereocenters. The summed E-state index contributed by atoms with van der Waals surface area (Å²) in [6.45, 7) is 6.40. The largest absolute Gasteiger partial charge is 0.394 e. The average molecular weight is 536 g/mol. The van der Waals surface area contributed by atoms with Crippen molar-refractivity contribution in [2.45, 2.75) is 58.3 Å². The third kappa shape index (κ3) is 9.75. The van der Waals surface area contributed by atoms with E-state index in [2.05, 4.69) is 10.6 Å². The number of amides is 2. The van der Waals surface area contributed by atoms with Crippen LogP contribution < -0.4 is 10.6 Å². The minimum absolute atomic E-state index is 0.00179. The van der Waals surface area contributed by atoms with Crippen molar-refractivity contribution in [3.05, 3.63) is 70.3 Å². The zero-order chi connectivity index (χ0) is 28.2. The lowest BCUT2D eigenvalue weighted by atomic mass is 9.99. The lowest BCUT2D eigenvalue weighted by Crippen LogP contribution is -2.49. The van der Waals surface area contributed by atoms with Gasteiger partial charge in [0.1, 0.15) is 11.6 Å². The van der Waals surface area contributed by atoms with Gasteiger partial charge in [-0.3, -0.25) is 9.59 Å². The van der Waals surface area contributed by atoms with E-state index in [0.29, 0.717) is 24.2 Å². The Morgan fingerprint density at radius 2 is 1.53 bits per heavy atom. The zero-order valence-electron chi connectivity index (χ0n) is 22.2. The summed E-state index contributed by atoms with van der Waals surface area (Å²) in [5.41, 5.74) is 1.53. The van der Waals surface area contributed by atoms with Crippen molar-refractivity contribution in [1.29, 1.82) is 0 Å². The molecule has 0 saturated heterocycles. The summed E-state index contributed by atoms with van der Waals surface area (Å²) in [5.74, 6) is -2.30. The molecule has 2 amide bonds. The van der Waals surface area contributed by atoms with Gasteiger partial charge in [-0.2, -0.15) is 0 Å². The molecule has 0 fully saturated rings. The summed E-state index contributed by atoms with van der Waals surface area (Å²) in [7, 11) is 0. The average Bonchev–Trinajstić information content (AvgIpc) is 2.86. The van der Waals surface area contributed by atoms with Crippen molar-refractivity contribution in [3.63, 3.8) is 0 Å². The summed E-state index contributed by atoms with van der Waals surface area (Å²) in [6.07, 6.45) is -0.713. The number of aliphatic hydroxyl groups is 3. The normalized spacial score (nSPS) is 13.6. The molecule has 8 nitrogen and oxygen atoms in total. The first-order chi connectivity index (χ1) is 18.1. The van der Waals surface area contributed by atoms with Crippen LogP contribution in [0.4, 0.5) is 8.78 Å². The van der Waals surface area contributed by atoms with E-state index in [4.69, 9.17) is 5.11 Å². The van der Waals surface area contributed by atoms with E-state index in [0.717, 1.165) is 31.0 Å². The Kier molecular flexibility index (Phi) is 12.8. The molecule has 1 unspecified atom stereocenters. The van der Waals surface area contributed by atoms with Gasteiger partial charge in [-0.15, -0.1) is 0 Å². The number of hydrogen-bond acceptors (Lipinski definition) is 6. The van der Waals surface area contributed by atoms with Crippen LogP contribution in [0, 0.1) is 18.6 Å². The summed E-state index contributed by atoms with van der Waals surface area (Å²) in [5, 5.41) is 34.8. The standard InChI is InChI=1S/C28H39F2N3O5/c1-4-6-33(7-5-2)28(38)21-9-18(3)8-20(13-21)27(37)32-25(26(36)16-31-15-24(35)17-34)12-19-10-22(29)14-23(30)11-19/h8-11,13-14,24-26,31,34-36H,4-7,12,15-17H2,1-3H3,(H,32,37)/t24?,25-,26+/m0/s1. The fraction of sp³-hybridized carbons (Fsp3) is 0.500. The second kappa shape index (κ2) is 15.5. The molecule has 2 aromatic carbocycles. The molecule has 5 N–H and O–H groups in total. The molecule has 0 radical (unpaired) electrons. The molecule has 0 aromatic heterocycles. The van der Waals surface area contributed by atoms with Crippen molar-refractivity contribution in [2.24, 2.45) is 0 Å². The van der Waals surface area contributed by atoms with Crippen molar-refractivity contribution >= 4 is 11.8 Å². The minimum Gasteiger partial charge on any atom is -0.394 e. The lowest BCUT2D eigenvalue weighted by molar-refractivity contribution is 0.0753. The van der Waals surface area contributed by atoms with Gasteiger partial charge in [-0.05, 0) is 67.6 Å². The number of hydrogen-bond donors (Lipinski definition) is 5. The number of rotatable bonds is 15. The Morgan fingerprint density at radius 1 is 0.921 bits per heavy atom. The van der Waals surface area contributed by atoms with Gasteiger partial charge in [0.05, 0.1) is 24.9 Å². The van der Waals surface area contributed by atoms with Crippen LogP contribution >= 0.6 is 0 Å². The fourth-order valence-corrected chi connectivity index (χ4v) is 4.20. The first-order valence-electron chi connectivity index (χ1n) is 12.9. The monoisotopic (exact) mass is 535 g/mol. The first-order valence-corrected chi connectivity index (χ1v) is 12.9. The molecule has 10 heteroatoms. The number of carbonyl (C=O) groups excluding carboxylic acids is 2. The van der Waals surface area contributed by atoms with Gasteiger partial charge < -0.3 is 30.9 Å². The molecule has 0 aliphatic carbocycles. The van der Waals surface area contributed by atoms with Crippen molar-refractivity contribution in [1.82, 2.24) is 15.5 Å². The molecule has 210 valence electrons. The number of nitrogens with one attached hydrogen (secondary N) is 2. The van der Waals surface area contributed by atoms with E-state index >= 15 is 0 Å². The van der Waals surface area contributed by atoms with Gasteiger partial charge in [-0.25, -0.2) is 8.78 Å². The Morgan fingerprint density at radius 3 is 2.11 bits per heavy atom. The Bertz CT molecular complexity index is 1040. The van der Waals surface area contributed by atoms with Gasteiger partial charge in [0.25, 0.3) is 11.8 Å². The first kappa shape index (κ1) is 31.3. The summed E-state index contributed by atoms with van der Waals surface area (Å²) in [6, 6.07) is 6.86. The molecule has 0 saturated carbocycles. The molecule has 2 aromatic rings. The Labute approximate surface area is 222 Å². The quantitative estimate of drug-likeness (QED) is 0.238. The summed E-state index contributed by atoms with van der Waals surface area (Å²) >= 11 is 0. The third-order valence-electron chi connectivity index (χ3n) is 5.96. The highest BCUT2D eigenvalue weighted by Gasteiger charge is 2.24. The smallest absolute Gasteiger partial charge is 0.253 e. The van der Waals surface area contributed by atoms with Crippen LogP contribution in [0.1, 0.15) is 58.5 Å². The van der Waals surface area contributed by atoms with Crippen molar-refractivity contribution < 1.29 is 33.7 Å². The predicted octanol–water partition coefficient (Wildman–Crippen LogP) is 2.18. The van der Waals surface area contributed by atoms with Crippen LogP contribution in [0.2, 0.25) is 0 Å². The summed E-state index contributed by atoms with van der Waals surface area (Å²) < 4.78 is 27.6. The number of aliphatic hydroxyl groups excluding tert-OH is 3. The van der Waals surface area contributed by atoms with Gasteiger partial charge in [0, 0.05) is 43.4 Å². The van der Waals surface area contributed by atoms with Gasteiger partial charge in [-0.1, -0.05) is 13.8 Å². The predicted molar refractivity (Wildman–Crippen MR) is 141 cm³/mol. The zero-order valence-corrected chi connectivity index (χ0v) is 22.2. The molecular formula is C28H39F2N3O5. The lowest BCUT2D eigenvalue weighted by Gasteiger charge is -2.26. The number of carbonyl (C=O) groups is 2. The molecule has 38 heavy (non-hydrogen) atoms. The molecule has 0 spiro atoms. The molecule has 0 aliphatic rings. The maximum atomic E-state index is 13.8. The number of aryl methyl sites for hydroxylation is 1. The van der Waals surface area contributed by atoms with E-state index in [1.54, 1.807) is 24.0 Å². The van der Waals surface area contributed by atoms with Crippen molar-refractivity contribution in [3.8, 4) is 0 Å². The Balaban J connectivity index is 2.28. The topological polar surface area (TPSA) is 122 Å². The van der Waals surface area contributed by atoms with Crippen LogP contribution in [0.5, 0.6) is 0 Å². The van der Waals surface area contributed by atoms with Gasteiger partial charge in [0.15, 0.2) is 0 Å². The van der Waals surface area contributed by atoms with E-state index in [1.165, 1.54) is 6.07 Å². The van der Waals surface area contributed by atoms with Crippen LogP contribution in [-0.2, 0) is 6.42 Å². The SMILES string of the molecule is CCCN(CCC)C(=O)c1cc(C)cc(C(=O)N[C@@H](Cc2cc(F)cc(F)c2)[C@H](O)CNCC(O)CO)c1. The van der Waals surface area contributed by atoms with Crippen LogP contribution in [0.3, 0.4) is 0 Å². The van der Waals surface area contributed by atoms with E-state index in [9.17, 15) is 28.6 Å². The molecule has 0 aliphatic heterocycles. The van der Waals surface area contributed by atoms with Crippen LogP contribution in [-0.4, -0.2) is 83.1 Å². The van der Waals surface area contributed by atoms with E-state index in [1.807, 2.05) is 13.8 Å². The minimum atomic E-state index is -1.20. The number of benzene rings is 2. The van der Waals surface area contributed by atoms with Gasteiger partial charge in [0.2, 0.25) is 0 Å².